The monoisotopic (exact) mass is 349 g/mol. The van der Waals surface area contributed by atoms with E-state index in [1.54, 1.807) is 6.07 Å². The number of H-pyrrole nitrogens is 1. The maximum absolute atomic E-state index is 12.0. The zero-order valence-electron chi connectivity index (χ0n) is 10.9. The van der Waals surface area contributed by atoms with Crippen LogP contribution in [-0.2, 0) is 11.2 Å². The van der Waals surface area contributed by atoms with Crippen LogP contribution in [0.15, 0.2) is 21.5 Å². The molecule has 2 heterocycles. The number of nitrogens with zero attached hydrogens (tertiary/aromatic N) is 1. The van der Waals surface area contributed by atoms with Crippen LogP contribution in [0.2, 0.25) is 0 Å². The highest BCUT2D eigenvalue weighted by Crippen LogP contribution is 2.66. The molecule has 0 radical (unpaired) electrons. The van der Waals surface area contributed by atoms with E-state index in [-0.39, 0.29) is 29.2 Å². The number of rotatable bonds is 3. The van der Waals surface area contributed by atoms with Gasteiger partial charge >= 0.3 is 0 Å². The highest BCUT2D eigenvalue weighted by Gasteiger charge is 2.70. The summed E-state index contributed by atoms with van der Waals surface area (Å²) in [4.78, 5) is 30.6. The second kappa shape index (κ2) is 4.07. The smallest absolute Gasteiger partial charge is 0.257 e. The van der Waals surface area contributed by atoms with E-state index in [2.05, 4.69) is 31.2 Å². The molecule has 2 aromatic rings. The SMILES string of the molecule is O=C(Cc1c(O)c2cc(Br)cnc2[nH]c1=O)NC12CC1C2. The van der Waals surface area contributed by atoms with Gasteiger partial charge in [0, 0.05) is 16.2 Å². The number of amides is 1. The van der Waals surface area contributed by atoms with Gasteiger partial charge in [0.15, 0.2) is 0 Å². The van der Waals surface area contributed by atoms with Crippen LogP contribution in [0.5, 0.6) is 5.75 Å². The van der Waals surface area contributed by atoms with Gasteiger partial charge in [-0.3, -0.25) is 9.59 Å². The molecule has 0 atom stereocenters. The molecule has 7 heteroatoms. The molecular weight excluding hydrogens is 338 g/mol. The average Bonchev–Trinajstić information content (AvgIpc) is 3.25. The lowest BCUT2D eigenvalue weighted by Crippen LogP contribution is -2.33. The first-order valence-corrected chi connectivity index (χ1v) is 7.48. The van der Waals surface area contributed by atoms with Crippen molar-refractivity contribution < 1.29 is 9.90 Å². The fraction of sp³-hybridized carbons (Fsp3) is 0.357. The molecule has 4 rings (SSSR count). The van der Waals surface area contributed by atoms with Crippen molar-refractivity contribution in [3.8, 4) is 5.75 Å². The number of carbonyl (C=O) groups excluding carboxylic acids is 1. The molecule has 6 nitrogen and oxygen atoms in total. The van der Waals surface area contributed by atoms with E-state index in [9.17, 15) is 14.7 Å². The minimum Gasteiger partial charge on any atom is -0.507 e. The first kappa shape index (κ1) is 12.8. The summed E-state index contributed by atoms with van der Waals surface area (Å²) in [6.45, 7) is 0. The molecule has 21 heavy (non-hydrogen) atoms. The highest BCUT2D eigenvalue weighted by atomic mass is 79.9. The summed E-state index contributed by atoms with van der Waals surface area (Å²) in [6.07, 6.45) is 3.48. The molecule has 1 amide bonds. The maximum atomic E-state index is 12.0. The highest BCUT2D eigenvalue weighted by molar-refractivity contribution is 9.10. The van der Waals surface area contributed by atoms with E-state index in [0.717, 1.165) is 12.8 Å². The Morgan fingerprint density at radius 1 is 1.57 bits per heavy atom. The molecule has 0 unspecified atom stereocenters. The predicted molar refractivity (Wildman–Crippen MR) is 79.0 cm³/mol. The Kier molecular flexibility index (Phi) is 2.48. The number of aromatic nitrogens is 2. The molecule has 2 saturated carbocycles. The van der Waals surface area contributed by atoms with Crippen LogP contribution in [-0.4, -0.2) is 26.5 Å². The number of hydrogen-bond acceptors (Lipinski definition) is 4. The summed E-state index contributed by atoms with van der Waals surface area (Å²) >= 11 is 3.27. The molecule has 2 aromatic heterocycles. The van der Waals surface area contributed by atoms with Gasteiger partial charge in [-0.25, -0.2) is 4.98 Å². The van der Waals surface area contributed by atoms with Crippen LogP contribution < -0.4 is 10.9 Å². The lowest BCUT2D eigenvalue weighted by atomic mass is 10.1. The topological polar surface area (TPSA) is 95.1 Å². The van der Waals surface area contributed by atoms with Gasteiger partial charge in [0.1, 0.15) is 11.4 Å². The van der Waals surface area contributed by atoms with Crippen molar-refractivity contribution in [2.75, 3.05) is 0 Å². The van der Waals surface area contributed by atoms with Crippen molar-refractivity contribution in [1.82, 2.24) is 15.3 Å². The Morgan fingerprint density at radius 3 is 2.95 bits per heavy atom. The number of aromatic hydroxyl groups is 1. The molecule has 3 N–H and O–H groups in total. The van der Waals surface area contributed by atoms with Crippen molar-refractivity contribution in [3.05, 3.63) is 32.7 Å². The summed E-state index contributed by atoms with van der Waals surface area (Å²) in [7, 11) is 0. The van der Waals surface area contributed by atoms with Crippen LogP contribution in [0.1, 0.15) is 18.4 Å². The molecular formula is C14H12BrN3O3. The Morgan fingerprint density at radius 2 is 2.29 bits per heavy atom. The van der Waals surface area contributed by atoms with Crippen LogP contribution >= 0.6 is 15.9 Å². The lowest BCUT2D eigenvalue weighted by Gasteiger charge is -2.09. The van der Waals surface area contributed by atoms with E-state index in [1.165, 1.54) is 6.20 Å². The molecule has 2 aliphatic carbocycles. The Hall–Kier alpha value is -1.89. The van der Waals surface area contributed by atoms with Gasteiger partial charge < -0.3 is 15.4 Å². The third-order valence-electron chi connectivity index (χ3n) is 4.31. The van der Waals surface area contributed by atoms with Crippen LogP contribution in [0.3, 0.4) is 0 Å². The van der Waals surface area contributed by atoms with Gasteiger partial charge in [0.2, 0.25) is 5.91 Å². The number of carbonyl (C=O) groups is 1. The van der Waals surface area contributed by atoms with Gasteiger partial charge in [-0.05, 0) is 40.8 Å². The standard InChI is InChI=1S/C14H12BrN3O3/c15-7-1-8-11(20)9(13(21)17-12(8)16-5-7)2-10(19)18-14-3-6(14)4-14/h1,5-6H,2-4H2,(H,18,19)(H2,16,17,20,21). The number of aromatic amines is 1. The Labute approximate surface area is 127 Å². The zero-order chi connectivity index (χ0) is 14.8. The predicted octanol–water partition coefficient (Wildman–Crippen LogP) is 1.21. The molecule has 0 saturated heterocycles. The van der Waals surface area contributed by atoms with Gasteiger partial charge in [-0.1, -0.05) is 0 Å². The Balaban J connectivity index is 1.69. The van der Waals surface area contributed by atoms with Crippen molar-refractivity contribution in [2.45, 2.75) is 24.8 Å². The van der Waals surface area contributed by atoms with E-state index >= 15 is 0 Å². The fourth-order valence-electron chi connectivity index (χ4n) is 2.72. The van der Waals surface area contributed by atoms with Crippen LogP contribution in [0.25, 0.3) is 11.0 Å². The molecule has 108 valence electrons. The van der Waals surface area contributed by atoms with Gasteiger partial charge in [-0.2, -0.15) is 0 Å². The maximum Gasteiger partial charge on any atom is 0.257 e. The number of hydrogen-bond donors (Lipinski definition) is 3. The van der Waals surface area contributed by atoms with E-state index in [1.807, 2.05) is 0 Å². The second-order valence-corrected chi connectivity index (χ2v) is 6.73. The third-order valence-corrected chi connectivity index (χ3v) is 4.74. The minimum atomic E-state index is -0.481. The van der Waals surface area contributed by atoms with E-state index < -0.39 is 5.56 Å². The summed E-state index contributed by atoms with van der Waals surface area (Å²) in [5.41, 5.74) is -0.0892. The summed E-state index contributed by atoms with van der Waals surface area (Å²) in [6, 6.07) is 1.66. The molecule has 2 fully saturated rings. The quantitative estimate of drug-likeness (QED) is 0.776. The lowest BCUT2D eigenvalue weighted by molar-refractivity contribution is -0.121. The summed E-state index contributed by atoms with van der Waals surface area (Å²) < 4.78 is 0.686. The third kappa shape index (κ3) is 2.03. The largest absolute Gasteiger partial charge is 0.507 e. The van der Waals surface area contributed by atoms with Crippen molar-refractivity contribution in [3.63, 3.8) is 0 Å². The van der Waals surface area contributed by atoms with Gasteiger partial charge in [0.25, 0.3) is 5.56 Å². The fourth-order valence-corrected chi connectivity index (χ4v) is 3.06. The molecule has 2 aliphatic rings. The minimum absolute atomic E-state index is 0.0148. The number of fused-ring (bicyclic) bond motifs is 2. The van der Waals surface area contributed by atoms with E-state index in [0.29, 0.717) is 21.4 Å². The first-order chi connectivity index (χ1) is 9.98. The number of pyridine rings is 2. The first-order valence-electron chi connectivity index (χ1n) is 6.69. The summed E-state index contributed by atoms with van der Waals surface area (Å²) in [5, 5.41) is 13.6. The average molecular weight is 350 g/mol. The van der Waals surface area contributed by atoms with Gasteiger partial charge in [-0.15, -0.1) is 0 Å². The van der Waals surface area contributed by atoms with Crippen molar-refractivity contribution in [2.24, 2.45) is 5.92 Å². The van der Waals surface area contributed by atoms with Crippen LogP contribution in [0, 0.1) is 5.92 Å². The Bertz CT molecular complexity index is 839. The molecule has 0 aliphatic heterocycles. The number of nitrogens with one attached hydrogen (secondary N) is 2. The summed E-state index contributed by atoms with van der Waals surface area (Å²) in [5.74, 6) is 0.224. The zero-order valence-corrected chi connectivity index (χ0v) is 12.5. The number of halogens is 1. The van der Waals surface area contributed by atoms with E-state index in [4.69, 9.17) is 0 Å². The van der Waals surface area contributed by atoms with Gasteiger partial charge in [0.05, 0.1) is 17.4 Å². The van der Waals surface area contributed by atoms with Crippen molar-refractivity contribution >= 4 is 32.9 Å². The molecule has 0 bridgehead atoms. The van der Waals surface area contributed by atoms with Crippen molar-refractivity contribution in [1.29, 1.82) is 0 Å². The van der Waals surface area contributed by atoms with Crippen LogP contribution in [0.4, 0.5) is 0 Å². The normalized spacial score (nSPS) is 25.5. The second-order valence-electron chi connectivity index (χ2n) is 5.82. The molecule has 0 spiro atoms. The molecule has 0 aromatic carbocycles.